The van der Waals surface area contributed by atoms with Crippen LogP contribution < -0.4 is 10.0 Å². The molecule has 0 aliphatic heterocycles. The third-order valence-electron chi connectivity index (χ3n) is 2.50. The molecule has 0 saturated carbocycles. The van der Waals surface area contributed by atoms with Gasteiger partial charge in [0.2, 0.25) is 5.09 Å². The maximum atomic E-state index is 12.1. The maximum absolute atomic E-state index is 12.1. The smallest absolute Gasteiger partial charge is 0.295 e. The molecule has 0 atom stereocenters. The topological polar surface area (TPSA) is 84.2 Å². The minimum atomic E-state index is -3.72. The van der Waals surface area contributed by atoms with Gasteiger partial charge in [-0.3, -0.25) is 9.71 Å². The summed E-state index contributed by atoms with van der Waals surface area (Å²) in [7, 11) is -1.96. The highest BCUT2D eigenvalue weighted by molar-refractivity contribution is 7.92. The first-order valence-electron chi connectivity index (χ1n) is 5.70. The predicted molar refractivity (Wildman–Crippen MR) is 71.3 cm³/mol. The Balaban J connectivity index is 2.25. The van der Waals surface area contributed by atoms with Crippen LogP contribution in [0.15, 0.2) is 40.0 Å². The zero-order valence-corrected chi connectivity index (χ0v) is 11.5. The molecular formula is C12H15N3O3S. The van der Waals surface area contributed by atoms with Crippen LogP contribution in [0.4, 0.5) is 5.69 Å². The lowest BCUT2D eigenvalue weighted by atomic mass is 10.3. The van der Waals surface area contributed by atoms with E-state index in [4.69, 9.17) is 4.42 Å². The van der Waals surface area contributed by atoms with Crippen molar-refractivity contribution < 1.29 is 12.8 Å². The number of pyridine rings is 1. The Hall–Kier alpha value is -1.86. The molecule has 2 aromatic heterocycles. The van der Waals surface area contributed by atoms with Crippen molar-refractivity contribution in [3.8, 4) is 0 Å². The number of nitrogens with one attached hydrogen (secondary N) is 2. The second-order valence-corrected chi connectivity index (χ2v) is 5.61. The Morgan fingerprint density at radius 2 is 2.11 bits per heavy atom. The van der Waals surface area contributed by atoms with Crippen molar-refractivity contribution in [1.82, 2.24) is 10.3 Å². The van der Waals surface area contributed by atoms with E-state index in [1.807, 2.05) is 0 Å². The Morgan fingerprint density at radius 3 is 2.79 bits per heavy atom. The van der Waals surface area contributed by atoms with E-state index in [2.05, 4.69) is 15.0 Å². The molecular weight excluding hydrogens is 266 g/mol. The van der Waals surface area contributed by atoms with E-state index in [1.165, 1.54) is 6.07 Å². The van der Waals surface area contributed by atoms with E-state index >= 15 is 0 Å². The molecule has 2 N–H and O–H groups in total. The Bertz CT molecular complexity index is 664. The van der Waals surface area contributed by atoms with Gasteiger partial charge in [-0.2, -0.15) is 8.42 Å². The van der Waals surface area contributed by atoms with Crippen LogP contribution >= 0.6 is 0 Å². The van der Waals surface area contributed by atoms with Gasteiger partial charge in [-0.1, -0.05) is 0 Å². The summed E-state index contributed by atoms with van der Waals surface area (Å²) in [6, 6.07) is 6.37. The van der Waals surface area contributed by atoms with Crippen molar-refractivity contribution >= 4 is 15.7 Å². The van der Waals surface area contributed by atoms with E-state index in [-0.39, 0.29) is 5.09 Å². The summed E-state index contributed by atoms with van der Waals surface area (Å²) in [4.78, 5) is 4.02. The first-order chi connectivity index (χ1) is 9.03. The molecule has 0 amide bonds. The normalized spacial score (nSPS) is 11.5. The van der Waals surface area contributed by atoms with E-state index < -0.39 is 10.0 Å². The molecule has 102 valence electrons. The lowest BCUT2D eigenvalue weighted by Crippen LogP contribution is -2.13. The number of rotatable bonds is 5. The van der Waals surface area contributed by atoms with E-state index in [0.717, 1.165) is 0 Å². The number of hydrogen-bond donors (Lipinski definition) is 2. The SMILES string of the molecule is CNCc1ccc(S(=O)(=O)Nc2cccnc2C)o1. The summed E-state index contributed by atoms with van der Waals surface area (Å²) in [5.74, 6) is 0.561. The molecule has 2 heterocycles. The van der Waals surface area contributed by atoms with Crippen molar-refractivity contribution in [2.75, 3.05) is 11.8 Å². The van der Waals surface area contributed by atoms with Gasteiger partial charge in [0.1, 0.15) is 5.76 Å². The molecule has 0 aromatic carbocycles. The predicted octanol–water partition coefficient (Wildman–Crippen LogP) is 1.50. The second kappa shape index (κ2) is 5.41. The summed E-state index contributed by atoms with van der Waals surface area (Å²) in [6.07, 6.45) is 1.60. The summed E-state index contributed by atoms with van der Waals surface area (Å²) in [5.41, 5.74) is 1.04. The van der Waals surface area contributed by atoms with Gasteiger partial charge in [-0.05, 0) is 38.2 Å². The molecule has 2 rings (SSSR count). The molecule has 0 aliphatic carbocycles. The minimum Gasteiger partial charge on any atom is -0.446 e. The van der Waals surface area contributed by atoms with Crippen LogP contribution in [0.2, 0.25) is 0 Å². The second-order valence-electron chi connectivity index (χ2n) is 3.99. The zero-order valence-electron chi connectivity index (χ0n) is 10.7. The van der Waals surface area contributed by atoms with Gasteiger partial charge in [-0.15, -0.1) is 0 Å². The highest BCUT2D eigenvalue weighted by Crippen LogP contribution is 2.19. The number of sulfonamides is 1. The minimum absolute atomic E-state index is 0.110. The molecule has 7 heteroatoms. The molecule has 6 nitrogen and oxygen atoms in total. The third kappa shape index (κ3) is 3.12. The van der Waals surface area contributed by atoms with Crippen LogP contribution in [-0.4, -0.2) is 20.4 Å². The number of aryl methyl sites for hydroxylation is 1. The van der Waals surface area contributed by atoms with Gasteiger partial charge in [0.05, 0.1) is 17.9 Å². The summed E-state index contributed by atoms with van der Waals surface area (Å²) in [6.45, 7) is 2.20. The molecule has 19 heavy (non-hydrogen) atoms. The van der Waals surface area contributed by atoms with Gasteiger partial charge in [0.15, 0.2) is 0 Å². The molecule has 0 aliphatic rings. The summed E-state index contributed by atoms with van der Waals surface area (Å²) >= 11 is 0. The molecule has 0 unspecified atom stereocenters. The average Bonchev–Trinajstić information content (AvgIpc) is 2.82. The zero-order chi connectivity index (χ0) is 13.9. The standard InChI is InChI=1S/C12H15N3O3S/c1-9-11(4-3-7-14-9)15-19(16,17)12-6-5-10(18-12)8-13-2/h3-7,13,15H,8H2,1-2H3. The van der Waals surface area contributed by atoms with Crippen molar-refractivity contribution in [3.63, 3.8) is 0 Å². The van der Waals surface area contributed by atoms with Gasteiger partial charge in [-0.25, -0.2) is 0 Å². The van der Waals surface area contributed by atoms with Crippen molar-refractivity contribution in [2.24, 2.45) is 0 Å². The number of aromatic nitrogens is 1. The molecule has 0 radical (unpaired) electrons. The third-order valence-corrected chi connectivity index (χ3v) is 3.74. The lowest BCUT2D eigenvalue weighted by molar-refractivity contribution is 0.408. The van der Waals surface area contributed by atoms with Crippen molar-refractivity contribution in [1.29, 1.82) is 0 Å². The Kier molecular flexibility index (Phi) is 3.87. The maximum Gasteiger partial charge on any atom is 0.295 e. The fourth-order valence-electron chi connectivity index (χ4n) is 1.56. The first-order valence-corrected chi connectivity index (χ1v) is 7.19. The van der Waals surface area contributed by atoms with Crippen LogP contribution in [0.3, 0.4) is 0 Å². The number of hydrogen-bond acceptors (Lipinski definition) is 5. The van der Waals surface area contributed by atoms with E-state index in [9.17, 15) is 8.42 Å². The van der Waals surface area contributed by atoms with E-state index in [1.54, 1.807) is 38.4 Å². The van der Waals surface area contributed by atoms with Crippen molar-refractivity contribution in [3.05, 3.63) is 41.9 Å². The van der Waals surface area contributed by atoms with Crippen LogP contribution in [-0.2, 0) is 16.6 Å². The molecule has 0 saturated heterocycles. The van der Waals surface area contributed by atoms with Crippen molar-refractivity contribution in [2.45, 2.75) is 18.6 Å². The van der Waals surface area contributed by atoms with Crippen LogP contribution in [0, 0.1) is 6.92 Å². The van der Waals surface area contributed by atoms with E-state index in [0.29, 0.717) is 23.7 Å². The van der Waals surface area contributed by atoms with Crippen LogP contribution in [0.25, 0.3) is 0 Å². The fraction of sp³-hybridized carbons (Fsp3) is 0.250. The highest BCUT2D eigenvalue weighted by Gasteiger charge is 2.19. The quantitative estimate of drug-likeness (QED) is 0.867. The number of furan rings is 1. The summed E-state index contributed by atoms with van der Waals surface area (Å²) < 4.78 is 32.0. The van der Waals surface area contributed by atoms with Crippen LogP contribution in [0.1, 0.15) is 11.5 Å². The molecule has 0 fully saturated rings. The van der Waals surface area contributed by atoms with Crippen LogP contribution in [0.5, 0.6) is 0 Å². The number of anilines is 1. The summed E-state index contributed by atoms with van der Waals surface area (Å²) in [5, 5.41) is 2.78. The molecule has 0 bridgehead atoms. The lowest BCUT2D eigenvalue weighted by Gasteiger charge is -2.07. The van der Waals surface area contributed by atoms with Gasteiger partial charge < -0.3 is 9.73 Å². The first kappa shape index (κ1) is 13.6. The number of nitrogens with zero attached hydrogens (tertiary/aromatic N) is 1. The molecule has 0 spiro atoms. The largest absolute Gasteiger partial charge is 0.446 e. The fourth-order valence-corrected chi connectivity index (χ4v) is 2.63. The van der Waals surface area contributed by atoms with Gasteiger partial charge in [0.25, 0.3) is 10.0 Å². The van der Waals surface area contributed by atoms with Gasteiger partial charge in [0, 0.05) is 6.20 Å². The highest BCUT2D eigenvalue weighted by atomic mass is 32.2. The molecule has 2 aromatic rings. The Morgan fingerprint density at radius 1 is 1.32 bits per heavy atom. The Labute approximate surface area is 111 Å². The monoisotopic (exact) mass is 281 g/mol. The van der Waals surface area contributed by atoms with Gasteiger partial charge >= 0.3 is 0 Å². The average molecular weight is 281 g/mol.